The van der Waals surface area contributed by atoms with Crippen LogP contribution in [0.2, 0.25) is 0 Å². The molecule has 1 fully saturated rings. The summed E-state index contributed by atoms with van der Waals surface area (Å²) in [6.45, 7) is 7.81. The number of piperidine rings is 1. The molecular formula is C16H26N2. The van der Waals surface area contributed by atoms with E-state index in [2.05, 4.69) is 55.4 Å². The summed E-state index contributed by atoms with van der Waals surface area (Å²) >= 11 is 0. The van der Waals surface area contributed by atoms with Crippen LogP contribution in [0.1, 0.15) is 36.9 Å². The quantitative estimate of drug-likeness (QED) is 0.878. The third kappa shape index (κ3) is 3.12. The number of likely N-dealkylation sites (tertiary alicyclic amines) is 1. The van der Waals surface area contributed by atoms with Crippen LogP contribution in [0.3, 0.4) is 0 Å². The van der Waals surface area contributed by atoms with Crippen LogP contribution in [-0.2, 0) is 0 Å². The second-order valence-electron chi connectivity index (χ2n) is 5.55. The molecule has 100 valence electrons. The Kier molecular flexibility index (Phi) is 4.79. The first kappa shape index (κ1) is 13.6. The van der Waals surface area contributed by atoms with Crippen LogP contribution >= 0.6 is 0 Å². The van der Waals surface area contributed by atoms with Gasteiger partial charge in [-0.1, -0.05) is 36.8 Å². The van der Waals surface area contributed by atoms with E-state index in [1.807, 2.05) is 0 Å². The van der Waals surface area contributed by atoms with Crippen LogP contribution < -0.4 is 5.32 Å². The van der Waals surface area contributed by atoms with Gasteiger partial charge in [-0.3, -0.25) is 4.90 Å². The first-order valence-electron chi connectivity index (χ1n) is 7.20. The van der Waals surface area contributed by atoms with Crippen LogP contribution in [0.25, 0.3) is 0 Å². The fraction of sp³-hybridized carbons (Fsp3) is 0.625. The lowest BCUT2D eigenvalue weighted by atomic mass is 9.84. The maximum atomic E-state index is 3.53. The standard InChI is InChI=1S/C16H26N2/c1-4-17-12-15-9-6-10-18(3)16(15)14-8-5-7-13(2)11-14/h5,7-8,11,15-17H,4,6,9-10,12H2,1-3H3. The molecule has 1 aliphatic rings. The molecule has 18 heavy (non-hydrogen) atoms. The molecule has 0 amide bonds. The summed E-state index contributed by atoms with van der Waals surface area (Å²) < 4.78 is 0. The monoisotopic (exact) mass is 246 g/mol. The Balaban J connectivity index is 2.18. The summed E-state index contributed by atoms with van der Waals surface area (Å²) in [6, 6.07) is 9.60. The van der Waals surface area contributed by atoms with Crippen molar-refractivity contribution in [3.8, 4) is 0 Å². The van der Waals surface area contributed by atoms with Crippen molar-refractivity contribution in [3.63, 3.8) is 0 Å². The predicted octanol–water partition coefficient (Wildman–Crippen LogP) is 2.99. The van der Waals surface area contributed by atoms with Crippen molar-refractivity contribution in [2.45, 2.75) is 32.7 Å². The van der Waals surface area contributed by atoms with Gasteiger partial charge in [-0.05, 0) is 57.9 Å². The van der Waals surface area contributed by atoms with Gasteiger partial charge in [0.25, 0.3) is 0 Å². The van der Waals surface area contributed by atoms with E-state index in [1.165, 1.54) is 30.5 Å². The molecule has 2 nitrogen and oxygen atoms in total. The van der Waals surface area contributed by atoms with E-state index >= 15 is 0 Å². The molecule has 0 spiro atoms. The lowest BCUT2D eigenvalue weighted by Gasteiger charge is -2.40. The van der Waals surface area contributed by atoms with Crippen molar-refractivity contribution in [2.24, 2.45) is 5.92 Å². The van der Waals surface area contributed by atoms with Crippen molar-refractivity contribution in [2.75, 3.05) is 26.7 Å². The molecule has 1 aliphatic heterocycles. The van der Waals surface area contributed by atoms with Crippen LogP contribution in [0.5, 0.6) is 0 Å². The second-order valence-corrected chi connectivity index (χ2v) is 5.55. The molecule has 2 heteroatoms. The Morgan fingerprint density at radius 3 is 2.94 bits per heavy atom. The largest absolute Gasteiger partial charge is 0.317 e. The molecule has 0 bridgehead atoms. The lowest BCUT2D eigenvalue weighted by Crippen LogP contribution is -2.40. The third-order valence-corrected chi connectivity index (χ3v) is 4.05. The van der Waals surface area contributed by atoms with Gasteiger partial charge in [0, 0.05) is 6.04 Å². The van der Waals surface area contributed by atoms with Crippen molar-refractivity contribution >= 4 is 0 Å². The Labute approximate surface area is 111 Å². The average Bonchev–Trinajstić information content (AvgIpc) is 2.36. The smallest absolute Gasteiger partial charge is 0.0385 e. The summed E-state index contributed by atoms with van der Waals surface area (Å²) in [5.41, 5.74) is 2.86. The number of hydrogen-bond acceptors (Lipinski definition) is 2. The highest BCUT2D eigenvalue weighted by molar-refractivity contribution is 5.26. The van der Waals surface area contributed by atoms with Crippen molar-refractivity contribution in [1.29, 1.82) is 0 Å². The average molecular weight is 246 g/mol. The zero-order valence-electron chi connectivity index (χ0n) is 11.9. The summed E-state index contributed by atoms with van der Waals surface area (Å²) in [7, 11) is 2.27. The number of rotatable bonds is 4. The SMILES string of the molecule is CCNCC1CCCN(C)C1c1cccc(C)c1. The molecule has 1 aromatic rings. The highest BCUT2D eigenvalue weighted by atomic mass is 15.1. The number of aryl methyl sites for hydroxylation is 1. The molecule has 0 radical (unpaired) electrons. The topological polar surface area (TPSA) is 15.3 Å². The van der Waals surface area contributed by atoms with E-state index in [4.69, 9.17) is 0 Å². The minimum Gasteiger partial charge on any atom is -0.317 e. The van der Waals surface area contributed by atoms with Crippen LogP contribution in [0, 0.1) is 12.8 Å². The summed E-state index contributed by atoms with van der Waals surface area (Å²) in [4.78, 5) is 2.53. The molecule has 2 rings (SSSR count). The minimum atomic E-state index is 0.581. The summed E-state index contributed by atoms with van der Waals surface area (Å²) in [6.07, 6.45) is 2.67. The van der Waals surface area contributed by atoms with Gasteiger partial charge < -0.3 is 5.32 Å². The Morgan fingerprint density at radius 2 is 2.22 bits per heavy atom. The second kappa shape index (κ2) is 6.35. The molecule has 2 atom stereocenters. The molecule has 1 N–H and O–H groups in total. The van der Waals surface area contributed by atoms with Crippen molar-refractivity contribution in [3.05, 3.63) is 35.4 Å². The number of benzene rings is 1. The van der Waals surface area contributed by atoms with E-state index in [9.17, 15) is 0 Å². The van der Waals surface area contributed by atoms with E-state index in [0.29, 0.717) is 6.04 Å². The fourth-order valence-corrected chi connectivity index (χ4v) is 3.18. The predicted molar refractivity (Wildman–Crippen MR) is 77.8 cm³/mol. The molecule has 0 aliphatic carbocycles. The van der Waals surface area contributed by atoms with E-state index in [1.54, 1.807) is 0 Å². The third-order valence-electron chi connectivity index (χ3n) is 4.05. The van der Waals surface area contributed by atoms with Gasteiger partial charge in [-0.2, -0.15) is 0 Å². The van der Waals surface area contributed by atoms with Crippen LogP contribution in [0.15, 0.2) is 24.3 Å². The van der Waals surface area contributed by atoms with E-state index in [0.717, 1.165) is 19.0 Å². The van der Waals surface area contributed by atoms with Gasteiger partial charge in [0.1, 0.15) is 0 Å². The summed E-state index contributed by atoms with van der Waals surface area (Å²) in [5, 5.41) is 3.53. The molecule has 0 saturated carbocycles. The zero-order chi connectivity index (χ0) is 13.0. The lowest BCUT2D eigenvalue weighted by molar-refractivity contribution is 0.120. The Bertz CT molecular complexity index is 375. The fourth-order valence-electron chi connectivity index (χ4n) is 3.18. The Hall–Kier alpha value is -0.860. The number of hydrogen-bond donors (Lipinski definition) is 1. The van der Waals surface area contributed by atoms with Gasteiger partial charge in [0.15, 0.2) is 0 Å². The van der Waals surface area contributed by atoms with Crippen molar-refractivity contribution < 1.29 is 0 Å². The molecule has 2 unspecified atom stereocenters. The summed E-state index contributed by atoms with van der Waals surface area (Å²) in [5.74, 6) is 0.741. The van der Waals surface area contributed by atoms with Gasteiger partial charge in [0.05, 0.1) is 0 Å². The maximum absolute atomic E-state index is 3.53. The number of nitrogens with one attached hydrogen (secondary N) is 1. The molecule has 1 saturated heterocycles. The normalized spacial score (nSPS) is 25.3. The van der Waals surface area contributed by atoms with Crippen LogP contribution in [-0.4, -0.2) is 31.6 Å². The number of nitrogens with zero attached hydrogens (tertiary/aromatic N) is 1. The molecule has 0 aromatic heterocycles. The Morgan fingerprint density at radius 1 is 1.39 bits per heavy atom. The zero-order valence-corrected chi connectivity index (χ0v) is 11.9. The maximum Gasteiger partial charge on any atom is 0.0385 e. The first-order valence-corrected chi connectivity index (χ1v) is 7.20. The van der Waals surface area contributed by atoms with Crippen molar-refractivity contribution in [1.82, 2.24) is 10.2 Å². The van der Waals surface area contributed by atoms with Gasteiger partial charge in [-0.15, -0.1) is 0 Å². The van der Waals surface area contributed by atoms with Crippen LogP contribution in [0.4, 0.5) is 0 Å². The highest BCUT2D eigenvalue weighted by Crippen LogP contribution is 2.34. The molecule has 1 aromatic carbocycles. The van der Waals surface area contributed by atoms with Gasteiger partial charge >= 0.3 is 0 Å². The van der Waals surface area contributed by atoms with Gasteiger partial charge in [-0.25, -0.2) is 0 Å². The first-order chi connectivity index (χ1) is 8.72. The van der Waals surface area contributed by atoms with E-state index in [-0.39, 0.29) is 0 Å². The molecule has 1 heterocycles. The molecular weight excluding hydrogens is 220 g/mol. The highest BCUT2D eigenvalue weighted by Gasteiger charge is 2.29. The van der Waals surface area contributed by atoms with E-state index < -0.39 is 0 Å². The van der Waals surface area contributed by atoms with Gasteiger partial charge in [0.2, 0.25) is 0 Å². The minimum absolute atomic E-state index is 0.581.